The van der Waals surface area contributed by atoms with Crippen molar-refractivity contribution in [1.82, 2.24) is 13.9 Å². The number of hydrogen-bond donors (Lipinski definition) is 1. The molecule has 1 unspecified atom stereocenters. The van der Waals surface area contributed by atoms with Gasteiger partial charge in [-0.1, -0.05) is 17.8 Å². The van der Waals surface area contributed by atoms with E-state index in [2.05, 4.69) is 10.3 Å². The number of benzene rings is 1. The van der Waals surface area contributed by atoms with Crippen LogP contribution in [0.15, 0.2) is 50.6 Å². The number of fused-ring (bicyclic) bond motifs is 1. The van der Waals surface area contributed by atoms with Crippen LogP contribution in [0.25, 0.3) is 10.2 Å². The van der Waals surface area contributed by atoms with Crippen LogP contribution in [0.5, 0.6) is 0 Å². The third-order valence-electron chi connectivity index (χ3n) is 4.20. The number of rotatable bonds is 6. The Balaban J connectivity index is 1.78. The molecule has 0 aliphatic heterocycles. The van der Waals surface area contributed by atoms with Gasteiger partial charge >= 0.3 is 0 Å². The van der Waals surface area contributed by atoms with Gasteiger partial charge in [0.05, 0.1) is 15.5 Å². The second kappa shape index (κ2) is 8.27. The summed E-state index contributed by atoms with van der Waals surface area (Å²) in [5.74, 6) is -0.324. The number of anilines is 1. The third-order valence-corrected chi connectivity index (χ3v) is 7.96. The van der Waals surface area contributed by atoms with E-state index >= 15 is 0 Å². The van der Waals surface area contributed by atoms with Gasteiger partial charge < -0.3 is 5.32 Å². The largest absolute Gasteiger partial charge is 0.325 e. The Kier molecular flexibility index (Phi) is 6.13. The van der Waals surface area contributed by atoms with Gasteiger partial charge in [-0.15, -0.1) is 11.3 Å². The molecule has 0 spiro atoms. The van der Waals surface area contributed by atoms with Gasteiger partial charge in [0.2, 0.25) is 15.9 Å². The van der Waals surface area contributed by atoms with Crippen LogP contribution in [0.3, 0.4) is 0 Å². The van der Waals surface area contributed by atoms with Crippen molar-refractivity contribution >= 4 is 54.9 Å². The first-order valence-electron chi connectivity index (χ1n) is 8.55. The summed E-state index contributed by atoms with van der Waals surface area (Å²) >= 11 is 2.53. The molecular weight excluding hydrogens is 432 g/mol. The highest BCUT2D eigenvalue weighted by Gasteiger charge is 2.21. The van der Waals surface area contributed by atoms with Crippen LogP contribution in [0.2, 0.25) is 0 Å². The standard InChI is InChI=1S/C18H20N4O4S3/c1-11(28-18-20-16-14(8-9-27-16)17(24)22(18)4)15(23)19-12-6-5-7-13(10-12)29(25,26)21(2)3/h5-11H,1-4H3,(H,19,23). The number of carbonyl (C=O) groups is 1. The number of carbonyl (C=O) groups excluding carboxylic acids is 1. The molecule has 154 valence electrons. The molecule has 0 bridgehead atoms. The number of amides is 1. The minimum Gasteiger partial charge on any atom is -0.325 e. The van der Waals surface area contributed by atoms with Crippen molar-refractivity contribution in [3.05, 3.63) is 46.1 Å². The van der Waals surface area contributed by atoms with Crippen LogP contribution in [0, 0.1) is 0 Å². The highest BCUT2D eigenvalue weighted by molar-refractivity contribution is 8.00. The molecule has 1 N–H and O–H groups in total. The van der Waals surface area contributed by atoms with Gasteiger partial charge in [-0.25, -0.2) is 17.7 Å². The van der Waals surface area contributed by atoms with Gasteiger partial charge in [-0.2, -0.15) is 0 Å². The third kappa shape index (κ3) is 4.37. The van der Waals surface area contributed by atoms with Crippen molar-refractivity contribution in [2.24, 2.45) is 7.05 Å². The first-order valence-corrected chi connectivity index (χ1v) is 11.8. The van der Waals surface area contributed by atoms with E-state index in [0.717, 1.165) is 16.1 Å². The number of nitrogens with one attached hydrogen (secondary N) is 1. The Morgan fingerprint density at radius 1 is 1.31 bits per heavy atom. The minimum absolute atomic E-state index is 0.0906. The van der Waals surface area contributed by atoms with Gasteiger partial charge in [0.1, 0.15) is 4.83 Å². The molecule has 2 aromatic heterocycles. The van der Waals surface area contributed by atoms with Crippen LogP contribution in [0.4, 0.5) is 5.69 Å². The summed E-state index contributed by atoms with van der Waals surface area (Å²) in [5, 5.41) is 4.97. The van der Waals surface area contributed by atoms with E-state index in [-0.39, 0.29) is 16.4 Å². The Hall–Kier alpha value is -2.21. The molecule has 11 heteroatoms. The topological polar surface area (TPSA) is 101 Å². The van der Waals surface area contributed by atoms with E-state index in [0.29, 0.717) is 21.1 Å². The summed E-state index contributed by atoms with van der Waals surface area (Å²) in [6, 6.07) is 7.81. The van der Waals surface area contributed by atoms with Crippen molar-refractivity contribution in [2.45, 2.75) is 22.2 Å². The van der Waals surface area contributed by atoms with E-state index in [1.165, 1.54) is 42.1 Å². The van der Waals surface area contributed by atoms with Crippen LogP contribution in [-0.4, -0.2) is 47.5 Å². The van der Waals surface area contributed by atoms with Crippen molar-refractivity contribution in [3.8, 4) is 0 Å². The highest BCUT2D eigenvalue weighted by Crippen LogP contribution is 2.25. The zero-order chi connectivity index (χ0) is 21.3. The van der Waals surface area contributed by atoms with Gasteiger partial charge in [-0.05, 0) is 36.6 Å². The van der Waals surface area contributed by atoms with Gasteiger partial charge in [-0.3, -0.25) is 14.2 Å². The minimum atomic E-state index is -3.60. The molecule has 0 radical (unpaired) electrons. The average Bonchev–Trinajstić information content (AvgIpc) is 3.14. The molecule has 0 fully saturated rings. The molecule has 0 saturated carbocycles. The Bertz CT molecular complexity index is 1230. The molecule has 3 aromatic rings. The number of hydrogen-bond acceptors (Lipinski definition) is 7. The lowest BCUT2D eigenvalue weighted by molar-refractivity contribution is -0.115. The maximum absolute atomic E-state index is 12.6. The number of thioether (sulfide) groups is 1. The first kappa shape index (κ1) is 21.5. The highest BCUT2D eigenvalue weighted by atomic mass is 32.2. The van der Waals surface area contributed by atoms with Gasteiger partial charge in [0.15, 0.2) is 5.16 Å². The molecule has 3 rings (SSSR count). The maximum Gasteiger partial charge on any atom is 0.262 e. The lowest BCUT2D eigenvalue weighted by Crippen LogP contribution is -2.26. The fourth-order valence-electron chi connectivity index (χ4n) is 2.49. The molecular formula is C18H20N4O4S3. The van der Waals surface area contributed by atoms with Crippen LogP contribution >= 0.6 is 23.1 Å². The maximum atomic E-state index is 12.6. The lowest BCUT2D eigenvalue weighted by Gasteiger charge is -2.15. The van der Waals surface area contributed by atoms with Crippen molar-refractivity contribution in [3.63, 3.8) is 0 Å². The number of thiophene rings is 1. The SMILES string of the molecule is CC(Sc1nc2sccc2c(=O)n1C)C(=O)Nc1cccc(S(=O)(=O)N(C)C)c1. The molecule has 2 heterocycles. The van der Waals surface area contributed by atoms with E-state index in [4.69, 9.17) is 0 Å². The zero-order valence-corrected chi connectivity index (χ0v) is 18.7. The van der Waals surface area contributed by atoms with E-state index in [9.17, 15) is 18.0 Å². The number of nitrogens with zero attached hydrogens (tertiary/aromatic N) is 3. The van der Waals surface area contributed by atoms with Crippen LogP contribution in [0.1, 0.15) is 6.92 Å². The van der Waals surface area contributed by atoms with E-state index in [1.807, 2.05) is 0 Å². The Labute approximate surface area is 176 Å². The normalized spacial score (nSPS) is 13.0. The molecule has 8 nitrogen and oxygen atoms in total. The fourth-order valence-corrected chi connectivity index (χ4v) is 5.11. The smallest absolute Gasteiger partial charge is 0.262 e. The van der Waals surface area contributed by atoms with Gasteiger partial charge in [0, 0.05) is 26.8 Å². The van der Waals surface area contributed by atoms with Gasteiger partial charge in [0.25, 0.3) is 5.56 Å². The summed E-state index contributed by atoms with van der Waals surface area (Å²) in [6.07, 6.45) is 0. The second-order valence-electron chi connectivity index (χ2n) is 6.46. The summed E-state index contributed by atoms with van der Waals surface area (Å²) in [6.45, 7) is 1.70. The zero-order valence-electron chi connectivity index (χ0n) is 16.2. The lowest BCUT2D eigenvalue weighted by atomic mass is 10.3. The fraction of sp³-hybridized carbons (Fsp3) is 0.278. The van der Waals surface area contributed by atoms with E-state index in [1.54, 1.807) is 37.6 Å². The predicted molar refractivity (Wildman–Crippen MR) is 116 cm³/mol. The summed E-state index contributed by atoms with van der Waals surface area (Å²) in [7, 11) is 0.911. The monoisotopic (exact) mass is 452 g/mol. The molecule has 1 amide bonds. The van der Waals surface area contributed by atoms with Crippen molar-refractivity contribution in [2.75, 3.05) is 19.4 Å². The molecule has 1 aromatic carbocycles. The summed E-state index contributed by atoms with van der Waals surface area (Å²) < 4.78 is 27.1. The average molecular weight is 453 g/mol. The molecule has 29 heavy (non-hydrogen) atoms. The molecule has 0 aliphatic carbocycles. The first-order chi connectivity index (χ1) is 13.6. The molecule has 0 saturated heterocycles. The van der Waals surface area contributed by atoms with E-state index < -0.39 is 15.3 Å². The summed E-state index contributed by atoms with van der Waals surface area (Å²) in [4.78, 5) is 30.2. The molecule has 1 atom stereocenters. The number of sulfonamides is 1. The Morgan fingerprint density at radius 3 is 2.72 bits per heavy atom. The predicted octanol–water partition coefficient (Wildman–Crippen LogP) is 2.36. The van der Waals surface area contributed by atoms with Crippen molar-refractivity contribution in [1.29, 1.82) is 0 Å². The summed E-state index contributed by atoms with van der Waals surface area (Å²) in [5.41, 5.74) is 0.217. The second-order valence-corrected chi connectivity index (χ2v) is 10.8. The number of aromatic nitrogens is 2. The molecule has 0 aliphatic rings. The van der Waals surface area contributed by atoms with Crippen molar-refractivity contribution < 1.29 is 13.2 Å². The Morgan fingerprint density at radius 2 is 2.03 bits per heavy atom. The quantitative estimate of drug-likeness (QED) is 0.455. The van der Waals surface area contributed by atoms with Crippen LogP contribution < -0.4 is 10.9 Å². The van der Waals surface area contributed by atoms with Crippen LogP contribution in [-0.2, 0) is 21.9 Å².